The van der Waals surface area contributed by atoms with E-state index in [0.717, 1.165) is 57.8 Å². The fraction of sp³-hybridized carbons (Fsp3) is 0.698. The van der Waals surface area contributed by atoms with Crippen LogP contribution in [0, 0.1) is 0 Å². The molecule has 0 bridgehead atoms. The van der Waals surface area contributed by atoms with Gasteiger partial charge in [-0.1, -0.05) is 120 Å². The van der Waals surface area contributed by atoms with E-state index in [1.54, 1.807) is 6.26 Å². The Kier molecular flexibility index (Phi) is 37.8. The highest BCUT2D eigenvalue weighted by Gasteiger charge is 2.25. The van der Waals surface area contributed by atoms with E-state index in [1.807, 2.05) is 13.0 Å². The number of phosphoric ester groups is 1. The van der Waals surface area contributed by atoms with E-state index in [2.05, 4.69) is 67.7 Å². The van der Waals surface area contributed by atoms with Crippen molar-refractivity contribution in [3.05, 3.63) is 73.1 Å². The zero-order valence-corrected chi connectivity index (χ0v) is 34.2. The average Bonchev–Trinajstić information content (AvgIpc) is 3.15. The van der Waals surface area contributed by atoms with Crippen LogP contribution in [-0.4, -0.2) is 54.5 Å². The van der Waals surface area contributed by atoms with Gasteiger partial charge in [0.2, 0.25) is 0 Å². The summed E-state index contributed by atoms with van der Waals surface area (Å²) in [4.78, 5) is 22.4. The second kappa shape index (κ2) is 39.4. The minimum Gasteiger partial charge on any atom is -0.498 e. The van der Waals surface area contributed by atoms with Crippen molar-refractivity contribution in [1.82, 2.24) is 0 Å². The molecule has 0 aliphatic heterocycles. The first-order chi connectivity index (χ1) is 25.8. The molecule has 0 aliphatic rings. The summed E-state index contributed by atoms with van der Waals surface area (Å²) in [6.45, 7) is 3.85. The van der Waals surface area contributed by atoms with Crippen LogP contribution in [0.4, 0.5) is 0 Å². The topological polar surface area (TPSA) is 138 Å². The molecule has 0 heterocycles. The molecule has 9 nitrogen and oxygen atoms in total. The molecule has 0 saturated carbocycles. The molecule has 0 aromatic carbocycles. The van der Waals surface area contributed by atoms with Crippen LogP contribution in [0.15, 0.2) is 73.1 Å². The Morgan fingerprint density at radius 1 is 0.660 bits per heavy atom. The first-order valence-electron chi connectivity index (χ1n) is 20.6. The van der Waals surface area contributed by atoms with Crippen LogP contribution in [0.2, 0.25) is 0 Å². The van der Waals surface area contributed by atoms with Crippen molar-refractivity contribution in [1.29, 1.82) is 0 Å². The van der Waals surface area contributed by atoms with Crippen molar-refractivity contribution in [3.63, 3.8) is 0 Å². The number of allylic oxidation sites excluding steroid dienone is 11. The lowest BCUT2D eigenvalue weighted by atomic mass is 10.1. The van der Waals surface area contributed by atoms with Crippen molar-refractivity contribution >= 4 is 13.8 Å². The van der Waals surface area contributed by atoms with Gasteiger partial charge < -0.3 is 25.2 Å². The molecule has 53 heavy (non-hydrogen) atoms. The molecule has 0 spiro atoms. The van der Waals surface area contributed by atoms with Gasteiger partial charge in [-0.3, -0.25) is 13.8 Å². The van der Waals surface area contributed by atoms with Gasteiger partial charge in [0.1, 0.15) is 6.61 Å². The maximum absolute atomic E-state index is 12.5. The molecule has 0 amide bonds. The van der Waals surface area contributed by atoms with E-state index in [-0.39, 0.29) is 38.9 Å². The van der Waals surface area contributed by atoms with Crippen LogP contribution in [0.1, 0.15) is 155 Å². The summed E-state index contributed by atoms with van der Waals surface area (Å²) >= 11 is 0. The maximum atomic E-state index is 12.5. The van der Waals surface area contributed by atoms with Gasteiger partial charge in [0, 0.05) is 13.0 Å². The van der Waals surface area contributed by atoms with E-state index >= 15 is 0 Å². The van der Waals surface area contributed by atoms with E-state index < -0.39 is 19.9 Å². The predicted octanol–water partition coefficient (Wildman–Crippen LogP) is 11.3. The van der Waals surface area contributed by atoms with Gasteiger partial charge in [0.15, 0.2) is 6.10 Å². The predicted molar refractivity (Wildman–Crippen MR) is 220 cm³/mol. The number of carbonyl (C=O) groups excluding carboxylic acids is 1. The highest BCUT2D eigenvalue weighted by molar-refractivity contribution is 7.47. The molecule has 0 saturated heterocycles. The number of aliphatic hydroxyl groups is 1. The van der Waals surface area contributed by atoms with Gasteiger partial charge in [-0.2, -0.15) is 0 Å². The number of esters is 1. The Labute approximate surface area is 323 Å². The molecule has 0 aliphatic carbocycles. The first kappa shape index (κ1) is 50.7. The van der Waals surface area contributed by atoms with E-state index in [9.17, 15) is 19.4 Å². The summed E-state index contributed by atoms with van der Waals surface area (Å²) in [5.74, 6) is -0.422. The number of nitrogens with two attached hydrogens (primary N) is 1. The van der Waals surface area contributed by atoms with Crippen molar-refractivity contribution in [2.45, 2.75) is 167 Å². The van der Waals surface area contributed by atoms with E-state index in [4.69, 9.17) is 24.3 Å². The Bertz CT molecular complexity index is 1050. The number of hydrogen-bond acceptors (Lipinski definition) is 8. The molecule has 1 unspecified atom stereocenters. The van der Waals surface area contributed by atoms with Crippen LogP contribution in [0.5, 0.6) is 0 Å². The standard InChI is InChI=1S/C43H76NO8P/c1-3-5-6-7-8-9-10-11-12-15-18-21-24-27-30-33-37-49-39-42(40-51-53(47,48)50-38-36-44)52-43(46)35-32-29-26-23-20-17-14-13-16-19-22-25-28-31-34-41(45)4-2/h9-10,14,16-17,19,23,25-26,28,33,37,41-42,45H,3-8,11-13,15,18,20-22,24,27,29-32,34-36,38-40,44H2,1-2H3,(H,47,48)/b10-9-,17-14-,19-16-,26-23-,28-25-,37-33+/t41-,42-/m1/s1. The van der Waals surface area contributed by atoms with Crippen molar-refractivity contribution in [2.75, 3.05) is 26.4 Å². The highest BCUT2D eigenvalue weighted by Crippen LogP contribution is 2.43. The lowest BCUT2D eigenvalue weighted by Gasteiger charge is -2.19. The minimum atomic E-state index is -4.32. The first-order valence-corrected chi connectivity index (χ1v) is 22.0. The lowest BCUT2D eigenvalue weighted by Crippen LogP contribution is -2.27. The number of unbranched alkanes of at least 4 members (excludes halogenated alkanes) is 12. The monoisotopic (exact) mass is 766 g/mol. The largest absolute Gasteiger partial charge is 0.498 e. The fourth-order valence-corrected chi connectivity index (χ4v) is 5.87. The lowest BCUT2D eigenvalue weighted by molar-refractivity contribution is -0.153. The quantitative estimate of drug-likeness (QED) is 0.0184. The number of rotatable bonds is 38. The second-order valence-corrected chi connectivity index (χ2v) is 14.8. The van der Waals surface area contributed by atoms with E-state index in [0.29, 0.717) is 6.42 Å². The summed E-state index contributed by atoms with van der Waals surface area (Å²) in [6.07, 6.45) is 46.7. The molecule has 3 atom stereocenters. The summed E-state index contributed by atoms with van der Waals surface area (Å²) in [5.41, 5.74) is 5.35. The van der Waals surface area contributed by atoms with E-state index in [1.165, 1.54) is 70.6 Å². The number of phosphoric acid groups is 1. The SMILES string of the molecule is CCCCCC/C=C\CCCCCCCC/C=C/OC[C@H](COP(=O)(O)OCCN)OC(=O)CCC/C=C\C/C=C\C/C=C\C/C=C\CC[C@H](O)CC. The molecule has 0 fully saturated rings. The zero-order valence-electron chi connectivity index (χ0n) is 33.3. The fourth-order valence-electron chi connectivity index (χ4n) is 5.10. The Morgan fingerprint density at radius 2 is 1.17 bits per heavy atom. The maximum Gasteiger partial charge on any atom is 0.472 e. The molecular formula is C43H76NO8P. The number of aliphatic hydroxyl groups excluding tert-OH is 1. The molecule has 4 N–H and O–H groups in total. The van der Waals surface area contributed by atoms with Crippen LogP contribution in [0.25, 0.3) is 0 Å². The highest BCUT2D eigenvalue weighted by atomic mass is 31.2. The summed E-state index contributed by atoms with van der Waals surface area (Å²) < 4.78 is 33.0. The molecule has 0 radical (unpaired) electrons. The number of ether oxygens (including phenoxy) is 2. The molecule has 306 valence electrons. The molecular weight excluding hydrogens is 689 g/mol. The normalized spacial score (nSPS) is 14.8. The Hall–Kier alpha value is -2.26. The van der Waals surface area contributed by atoms with Gasteiger partial charge in [0.25, 0.3) is 0 Å². The van der Waals surface area contributed by atoms with Crippen LogP contribution >= 0.6 is 7.82 Å². The Morgan fingerprint density at radius 3 is 1.75 bits per heavy atom. The number of hydrogen-bond donors (Lipinski definition) is 3. The van der Waals surface area contributed by atoms with Gasteiger partial charge in [-0.25, -0.2) is 4.57 Å². The van der Waals surface area contributed by atoms with Gasteiger partial charge >= 0.3 is 13.8 Å². The molecule has 10 heteroatoms. The zero-order chi connectivity index (χ0) is 38.9. The number of carbonyl (C=O) groups is 1. The molecule has 0 aromatic heterocycles. The smallest absolute Gasteiger partial charge is 0.472 e. The summed E-state index contributed by atoms with van der Waals surface area (Å²) in [6, 6.07) is 0. The van der Waals surface area contributed by atoms with Gasteiger partial charge in [-0.05, 0) is 96.0 Å². The molecule has 0 aromatic rings. The third-order valence-corrected chi connectivity index (χ3v) is 9.31. The van der Waals surface area contributed by atoms with Crippen molar-refractivity contribution in [2.24, 2.45) is 5.73 Å². The van der Waals surface area contributed by atoms with Crippen LogP contribution < -0.4 is 5.73 Å². The second-order valence-electron chi connectivity index (χ2n) is 13.3. The molecule has 0 rings (SSSR count). The Balaban J connectivity index is 4.25. The third kappa shape index (κ3) is 39.3. The van der Waals surface area contributed by atoms with Crippen molar-refractivity contribution < 1.29 is 37.9 Å². The summed E-state index contributed by atoms with van der Waals surface area (Å²) in [5, 5.41) is 9.55. The summed E-state index contributed by atoms with van der Waals surface area (Å²) in [7, 11) is -4.32. The van der Waals surface area contributed by atoms with Crippen LogP contribution in [-0.2, 0) is 27.9 Å². The minimum absolute atomic E-state index is 0.00546. The average molecular weight is 766 g/mol. The van der Waals surface area contributed by atoms with Gasteiger partial charge in [-0.15, -0.1) is 0 Å². The van der Waals surface area contributed by atoms with Gasteiger partial charge in [0.05, 0.1) is 25.6 Å². The van der Waals surface area contributed by atoms with Crippen molar-refractivity contribution in [3.8, 4) is 0 Å². The van der Waals surface area contributed by atoms with Crippen LogP contribution in [0.3, 0.4) is 0 Å². The third-order valence-electron chi connectivity index (χ3n) is 8.32.